The maximum Gasteiger partial charge on any atom is 0.157 e. The Hall–Kier alpha value is -2.46. The number of rotatable bonds is 2. The van der Waals surface area contributed by atoms with Gasteiger partial charge in [-0.25, -0.2) is 0 Å². The number of hydrogen-bond donors (Lipinski definition) is 3. The summed E-state index contributed by atoms with van der Waals surface area (Å²) in [5.74, 6) is -0.0741. The molecule has 2 aromatic carbocycles. The number of phenolic OH excluding ortho intramolecular Hbond substituents is 3. The Labute approximate surface area is 128 Å². The maximum atomic E-state index is 9.68. The summed E-state index contributed by atoms with van der Waals surface area (Å²) in [7, 11) is 0. The highest BCUT2D eigenvalue weighted by atomic mass is 16.5. The van der Waals surface area contributed by atoms with Gasteiger partial charge in [-0.05, 0) is 60.4 Å². The van der Waals surface area contributed by atoms with Gasteiger partial charge >= 0.3 is 0 Å². The average Bonchev–Trinajstić information content (AvgIpc) is 2.79. The molecule has 0 fully saturated rings. The quantitative estimate of drug-likeness (QED) is 0.580. The monoisotopic (exact) mass is 298 g/mol. The molecule has 114 valence electrons. The fourth-order valence-corrected chi connectivity index (χ4v) is 2.76. The molecule has 3 N–H and O–H groups in total. The van der Waals surface area contributed by atoms with Gasteiger partial charge in [-0.1, -0.05) is 18.2 Å². The van der Waals surface area contributed by atoms with E-state index in [1.165, 1.54) is 12.1 Å². The summed E-state index contributed by atoms with van der Waals surface area (Å²) in [6.45, 7) is 4.03. The van der Waals surface area contributed by atoms with Crippen LogP contribution in [0.2, 0.25) is 0 Å². The Morgan fingerprint density at radius 2 is 1.27 bits per heavy atom. The first-order chi connectivity index (χ1) is 10.5. The fourth-order valence-electron chi connectivity index (χ4n) is 2.76. The van der Waals surface area contributed by atoms with Gasteiger partial charge in [0.2, 0.25) is 0 Å². The number of aromatic hydroxyl groups is 3. The third-order valence-electron chi connectivity index (χ3n) is 4.18. The maximum absolute atomic E-state index is 9.68. The summed E-state index contributed by atoms with van der Waals surface area (Å²) in [5, 5.41) is 28.5. The van der Waals surface area contributed by atoms with Crippen molar-refractivity contribution in [3.8, 4) is 17.2 Å². The Balaban J connectivity index is 1.93. The number of phenols is 3. The van der Waals surface area contributed by atoms with Crippen molar-refractivity contribution in [2.75, 3.05) is 0 Å². The first-order valence-corrected chi connectivity index (χ1v) is 7.11. The van der Waals surface area contributed by atoms with Gasteiger partial charge in [0, 0.05) is 0 Å². The molecule has 2 aromatic rings. The van der Waals surface area contributed by atoms with Crippen LogP contribution in [-0.2, 0) is 4.74 Å². The minimum atomic E-state index is -0.259. The van der Waals surface area contributed by atoms with Gasteiger partial charge in [-0.15, -0.1) is 0 Å². The van der Waals surface area contributed by atoms with E-state index in [0.29, 0.717) is 0 Å². The molecular formula is C18H18O4. The fraction of sp³-hybridized carbons (Fsp3) is 0.222. The lowest BCUT2D eigenvalue weighted by Crippen LogP contribution is -2.03. The van der Waals surface area contributed by atoms with E-state index in [4.69, 9.17) is 4.74 Å². The second-order valence-corrected chi connectivity index (χ2v) is 5.60. The number of hydrogen-bond acceptors (Lipinski definition) is 4. The molecule has 0 unspecified atom stereocenters. The predicted octanol–water partition coefficient (Wildman–Crippen LogP) is 3.95. The van der Waals surface area contributed by atoms with Crippen LogP contribution in [0, 0.1) is 0 Å². The molecule has 22 heavy (non-hydrogen) atoms. The van der Waals surface area contributed by atoms with Crippen LogP contribution >= 0.6 is 0 Å². The van der Waals surface area contributed by atoms with E-state index in [9.17, 15) is 15.3 Å². The van der Waals surface area contributed by atoms with E-state index in [0.717, 1.165) is 22.3 Å². The van der Waals surface area contributed by atoms with Crippen molar-refractivity contribution in [1.29, 1.82) is 0 Å². The van der Waals surface area contributed by atoms with Crippen LogP contribution in [0.15, 0.2) is 53.6 Å². The molecule has 0 bridgehead atoms. The molecule has 0 radical (unpaired) electrons. The van der Waals surface area contributed by atoms with Crippen molar-refractivity contribution in [3.63, 3.8) is 0 Å². The highest BCUT2D eigenvalue weighted by molar-refractivity contribution is 5.45. The topological polar surface area (TPSA) is 69.9 Å². The van der Waals surface area contributed by atoms with Crippen molar-refractivity contribution in [1.82, 2.24) is 0 Å². The van der Waals surface area contributed by atoms with Crippen LogP contribution in [0.1, 0.15) is 37.2 Å². The third-order valence-corrected chi connectivity index (χ3v) is 4.18. The molecule has 4 heteroatoms. The lowest BCUT2D eigenvalue weighted by molar-refractivity contribution is 0.0516. The number of benzene rings is 2. The van der Waals surface area contributed by atoms with Crippen LogP contribution in [0.5, 0.6) is 17.2 Å². The molecule has 1 aliphatic rings. The second-order valence-electron chi connectivity index (χ2n) is 5.60. The third kappa shape index (κ3) is 2.42. The molecule has 4 nitrogen and oxygen atoms in total. The zero-order valence-corrected chi connectivity index (χ0v) is 12.4. The molecule has 2 atom stereocenters. The van der Waals surface area contributed by atoms with Crippen LogP contribution in [0.25, 0.3) is 0 Å². The average molecular weight is 298 g/mol. The van der Waals surface area contributed by atoms with E-state index in [1.54, 1.807) is 18.2 Å². The highest BCUT2D eigenvalue weighted by Crippen LogP contribution is 2.46. The predicted molar refractivity (Wildman–Crippen MR) is 82.8 cm³/mol. The molecule has 0 aromatic heterocycles. The Morgan fingerprint density at radius 3 is 1.86 bits per heavy atom. The molecule has 0 saturated carbocycles. The van der Waals surface area contributed by atoms with Crippen molar-refractivity contribution < 1.29 is 20.1 Å². The van der Waals surface area contributed by atoms with E-state index in [-0.39, 0.29) is 29.5 Å². The van der Waals surface area contributed by atoms with Gasteiger partial charge in [0.25, 0.3) is 0 Å². The normalized spacial score (nSPS) is 21.4. The van der Waals surface area contributed by atoms with E-state index in [2.05, 4.69) is 0 Å². The van der Waals surface area contributed by atoms with Gasteiger partial charge in [0.15, 0.2) is 11.5 Å². The lowest BCUT2D eigenvalue weighted by atomic mass is 9.97. The summed E-state index contributed by atoms with van der Waals surface area (Å²) in [4.78, 5) is 0. The highest BCUT2D eigenvalue weighted by Gasteiger charge is 2.32. The summed E-state index contributed by atoms with van der Waals surface area (Å²) in [6.07, 6.45) is -0.438. The smallest absolute Gasteiger partial charge is 0.157 e. The van der Waals surface area contributed by atoms with Gasteiger partial charge in [-0.2, -0.15) is 0 Å². The minimum absolute atomic E-state index is 0.143. The van der Waals surface area contributed by atoms with Crippen LogP contribution in [0.3, 0.4) is 0 Å². The van der Waals surface area contributed by atoms with Crippen molar-refractivity contribution in [3.05, 3.63) is 64.7 Å². The largest absolute Gasteiger partial charge is 0.508 e. The minimum Gasteiger partial charge on any atom is -0.508 e. The first kappa shape index (κ1) is 14.5. The second kappa shape index (κ2) is 5.39. The van der Waals surface area contributed by atoms with E-state index < -0.39 is 0 Å². The summed E-state index contributed by atoms with van der Waals surface area (Å²) < 4.78 is 6.14. The molecular weight excluding hydrogens is 280 g/mol. The van der Waals surface area contributed by atoms with Gasteiger partial charge in [-0.3, -0.25) is 0 Å². The van der Waals surface area contributed by atoms with Crippen molar-refractivity contribution >= 4 is 0 Å². The molecule has 1 aliphatic heterocycles. The summed E-state index contributed by atoms with van der Waals surface area (Å²) >= 11 is 0. The van der Waals surface area contributed by atoms with Gasteiger partial charge in [0.05, 0.1) is 0 Å². The molecule has 0 aliphatic carbocycles. The Morgan fingerprint density at radius 1 is 0.727 bits per heavy atom. The standard InChI is InChI=1S/C18H18O4/c1-10-11(2)18(13-5-8-15(20)16(21)9-13)22-17(10)12-3-6-14(19)7-4-12/h3-9,17-21H,1-2H3/t17-,18-/m0/s1. The van der Waals surface area contributed by atoms with Crippen LogP contribution in [-0.4, -0.2) is 15.3 Å². The lowest BCUT2D eigenvalue weighted by Gasteiger charge is -2.17. The van der Waals surface area contributed by atoms with Crippen molar-refractivity contribution in [2.45, 2.75) is 26.1 Å². The Kier molecular flexibility index (Phi) is 3.54. The van der Waals surface area contributed by atoms with E-state index in [1.807, 2.05) is 26.0 Å². The van der Waals surface area contributed by atoms with Crippen molar-refractivity contribution in [2.24, 2.45) is 0 Å². The molecule has 3 rings (SSSR count). The Bertz CT molecular complexity index is 731. The summed E-state index contributed by atoms with van der Waals surface area (Å²) in [6, 6.07) is 11.7. The van der Waals surface area contributed by atoms with Crippen LogP contribution < -0.4 is 0 Å². The molecule has 0 saturated heterocycles. The summed E-state index contributed by atoms with van der Waals surface area (Å²) in [5.41, 5.74) is 3.97. The van der Waals surface area contributed by atoms with E-state index >= 15 is 0 Å². The van der Waals surface area contributed by atoms with Crippen LogP contribution in [0.4, 0.5) is 0 Å². The SMILES string of the molecule is CC1=C(C)[C@@H](c2ccc(O)c(O)c2)O[C@@H]1c1ccc(O)cc1. The number of ether oxygens (including phenoxy) is 1. The molecule has 0 spiro atoms. The first-order valence-electron chi connectivity index (χ1n) is 7.11. The van der Waals surface area contributed by atoms with Gasteiger partial charge < -0.3 is 20.1 Å². The van der Waals surface area contributed by atoms with Gasteiger partial charge in [0.1, 0.15) is 18.0 Å². The zero-order chi connectivity index (χ0) is 15.9. The molecule has 1 heterocycles. The molecule has 0 amide bonds. The zero-order valence-electron chi connectivity index (χ0n) is 12.4.